The Morgan fingerprint density at radius 3 is 3.19 bits per heavy atom. The first kappa shape index (κ1) is 11.5. The highest BCUT2D eigenvalue weighted by Crippen LogP contribution is 2.17. The average Bonchev–Trinajstić information content (AvgIpc) is 2.77. The van der Waals surface area contributed by atoms with E-state index in [9.17, 15) is 10.1 Å². The topological polar surface area (TPSA) is 83.7 Å². The molecule has 0 unspecified atom stereocenters. The molecule has 7 nitrogen and oxygen atoms in total. The summed E-state index contributed by atoms with van der Waals surface area (Å²) in [5.41, 5.74) is 2.10. The minimum Gasteiger partial charge on any atom is -0.331 e. The maximum atomic E-state index is 10.3. The number of hydrogen-bond acceptors (Lipinski definition) is 6. The maximum absolute atomic E-state index is 10.3. The van der Waals surface area contributed by atoms with Gasteiger partial charge >= 0.3 is 0 Å². The molecule has 0 saturated heterocycles. The summed E-state index contributed by atoms with van der Waals surface area (Å²) in [5.74, 6) is 0.327. The molecule has 0 radical (unpaired) electrons. The van der Waals surface area contributed by atoms with Crippen molar-refractivity contribution in [3.8, 4) is 0 Å². The highest BCUT2D eigenvalue weighted by Gasteiger charge is 2.21. The fourth-order valence-electron chi connectivity index (χ4n) is 1.37. The van der Waals surface area contributed by atoms with Crippen LogP contribution in [0, 0.1) is 13.1 Å². The second-order valence-electron chi connectivity index (χ2n) is 3.08. The van der Waals surface area contributed by atoms with Crippen molar-refractivity contribution in [2.45, 2.75) is 6.54 Å². The third kappa shape index (κ3) is 2.78. The van der Waals surface area contributed by atoms with Crippen LogP contribution in [0.25, 0.3) is 0 Å². The van der Waals surface area contributed by atoms with E-state index in [1.807, 2.05) is 4.90 Å². The molecule has 1 aliphatic rings. The van der Waals surface area contributed by atoms with Crippen molar-refractivity contribution in [3.05, 3.63) is 24.2 Å². The van der Waals surface area contributed by atoms with Gasteiger partial charge in [0.2, 0.25) is 0 Å². The van der Waals surface area contributed by atoms with Crippen molar-refractivity contribution in [2.24, 2.45) is 4.99 Å². The molecule has 9 heteroatoms. The molecule has 0 spiro atoms. The Bertz CT molecular complexity index is 434. The number of nitrogens with zero attached hydrogens (tertiary/aromatic N) is 4. The van der Waals surface area contributed by atoms with Gasteiger partial charge in [-0.3, -0.25) is 0 Å². The fraction of sp³-hybridized carbons (Fsp3) is 0.429. The summed E-state index contributed by atoms with van der Waals surface area (Å²) in [5, 5.41) is 9.74. The second kappa shape index (κ2) is 4.91. The molecule has 16 heavy (non-hydrogen) atoms. The molecular weight excluding hydrogens is 345 g/mol. The van der Waals surface area contributed by atoms with Crippen molar-refractivity contribution in [1.82, 2.24) is 15.3 Å². The standard InChI is InChI=1S/C7H8IN5O2S/c8-6-10-3-5(16-6)4-12-2-1-9-7(12)11-13(14)15/h3H,1-2,4H2,(H,9,11). The van der Waals surface area contributed by atoms with Crippen LogP contribution in [-0.2, 0) is 6.54 Å². The van der Waals surface area contributed by atoms with Crippen molar-refractivity contribution in [1.29, 1.82) is 0 Å². The van der Waals surface area contributed by atoms with E-state index < -0.39 is 5.03 Å². The van der Waals surface area contributed by atoms with Gasteiger partial charge in [-0.25, -0.2) is 20.1 Å². The summed E-state index contributed by atoms with van der Waals surface area (Å²) < 4.78 is 0.965. The maximum Gasteiger partial charge on any atom is 0.257 e. The van der Waals surface area contributed by atoms with E-state index in [1.54, 1.807) is 17.5 Å². The molecule has 2 rings (SSSR count). The molecule has 1 aliphatic heterocycles. The van der Waals surface area contributed by atoms with E-state index in [0.29, 0.717) is 25.6 Å². The molecule has 0 bridgehead atoms. The summed E-state index contributed by atoms with van der Waals surface area (Å²) in [6.07, 6.45) is 1.79. The largest absolute Gasteiger partial charge is 0.331 e. The van der Waals surface area contributed by atoms with Crippen LogP contribution in [0.2, 0.25) is 0 Å². The van der Waals surface area contributed by atoms with Crippen LogP contribution < -0.4 is 5.43 Å². The lowest BCUT2D eigenvalue weighted by atomic mass is 10.5. The Labute approximate surface area is 109 Å². The van der Waals surface area contributed by atoms with Crippen molar-refractivity contribution in [3.63, 3.8) is 0 Å². The van der Waals surface area contributed by atoms with Gasteiger partial charge < -0.3 is 4.90 Å². The number of nitrogens with one attached hydrogen (secondary N) is 1. The summed E-state index contributed by atoms with van der Waals surface area (Å²) in [7, 11) is 0. The summed E-state index contributed by atoms with van der Waals surface area (Å²) >= 11 is 3.72. The number of aromatic nitrogens is 1. The van der Waals surface area contributed by atoms with Crippen LogP contribution in [0.5, 0.6) is 0 Å². The van der Waals surface area contributed by atoms with Gasteiger partial charge in [0.05, 0.1) is 13.1 Å². The van der Waals surface area contributed by atoms with Crippen molar-refractivity contribution < 1.29 is 5.03 Å². The molecule has 0 atom stereocenters. The molecule has 0 aliphatic carbocycles. The Balaban J connectivity index is 2.00. The normalized spacial score (nSPS) is 15.1. The van der Waals surface area contributed by atoms with E-state index >= 15 is 0 Å². The Hall–Kier alpha value is -0.970. The zero-order chi connectivity index (χ0) is 11.5. The van der Waals surface area contributed by atoms with Crippen LogP contribution >= 0.6 is 33.9 Å². The second-order valence-corrected chi connectivity index (χ2v) is 5.94. The summed E-state index contributed by atoms with van der Waals surface area (Å²) in [6, 6.07) is 0. The quantitative estimate of drug-likeness (QED) is 0.491. The number of aliphatic imine (C=N–C) groups is 1. The SMILES string of the molecule is O=[N+]([O-])NC1=NCCN1Cc1cnc(I)s1. The van der Waals surface area contributed by atoms with Gasteiger partial charge in [-0.1, -0.05) is 5.43 Å². The van der Waals surface area contributed by atoms with Crippen LogP contribution in [-0.4, -0.2) is 34.0 Å². The molecular formula is C7H8IN5O2S. The van der Waals surface area contributed by atoms with Gasteiger partial charge in [0, 0.05) is 17.6 Å². The smallest absolute Gasteiger partial charge is 0.257 e. The minimum absolute atomic E-state index is 0.327. The number of thiazole rings is 1. The van der Waals surface area contributed by atoms with Gasteiger partial charge in [0.15, 0.2) is 8.05 Å². The predicted molar refractivity (Wildman–Crippen MR) is 67.7 cm³/mol. The van der Waals surface area contributed by atoms with E-state index in [4.69, 9.17) is 0 Å². The lowest BCUT2D eigenvalue weighted by Gasteiger charge is -2.16. The third-order valence-corrected chi connectivity index (χ3v) is 3.70. The lowest BCUT2D eigenvalue weighted by Crippen LogP contribution is -2.40. The van der Waals surface area contributed by atoms with Gasteiger partial charge in [0.1, 0.15) is 0 Å². The number of guanidine groups is 1. The monoisotopic (exact) mass is 353 g/mol. The zero-order valence-corrected chi connectivity index (χ0v) is 11.1. The van der Waals surface area contributed by atoms with E-state index in [0.717, 1.165) is 7.89 Å². The predicted octanol–water partition coefficient (Wildman–Crippen LogP) is 0.701. The molecule has 0 fully saturated rings. The van der Waals surface area contributed by atoms with Crippen LogP contribution in [0.3, 0.4) is 0 Å². The number of hydrogen-bond donors (Lipinski definition) is 1. The molecule has 2 heterocycles. The Kier molecular flexibility index (Phi) is 3.53. The highest BCUT2D eigenvalue weighted by atomic mass is 127. The van der Waals surface area contributed by atoms with E-state index in [1.165, 1.54) is 0 Å². The van der Waals surface area contributed by atoms with Gasteiger partial charge in [0.25, 0.3) is 5.96 Å². The van der Waals surface area contributed by atoms with Crippen LogP contribution in [0.1, 0.15) is 4.88 Å². The molecule has 1 aromatic heterocycles. The minimum atomic E-state index is -0.590. The fourth-order valence-corrected chi connectivity index (χ4v) is 3.00. The van der Waals surface area contributed by atoms with Gasteiger partial charge in [-0.2, -0.15) is 0 Å². The lowest BCUT2D eigenvalue weighted by molar-refractivity contribution is -0.526. The first-order valence-electron chi connectivity index (χ1n) is 4.46. The van der Waals surface area contributed by atoms with E-state index in [-0.39, 0.29) is 0 Å². The van der Waals surface area contributed by atoms with Crippen molar-refractivity contribution in [2.75, 3.05) is 13.1 Å². The summed E-state index contributed by atoms with van der Waals surface area (Å²) in [6.45, 7) is 1.90. The van der Waals surface area contributed by atoms with Crippen molar-refractivity contribution >= 4 is 39.9 Å². The molecule has 1 aromatic rings. The van der Waals surface area contributed by atoms with Crippen LogP contribution in [0.4, 0.5) is 0 Å². The Morgan fingerprint density at radius 2 is 2.56 bits per heavy atom. The number of hydrazine groups is 1. The van der Waals surface area contributed by atoms with E-state index in [2.05, 4.69) is 38.0 Å². The van der Waals surface area contributed by atoms with Gasteiger partial charge in [-0.15, -0.1) is 11.3 Å². The van der Waals surface area contributed by atoms with Gasteiger partial charge in [-0.05, 0) is 22.6 Å². The molecule has 1 N–H and O–H groups in total. The molecule has 86 valence electrons. The zero-order valence-electron chi connectivity index (χ0n) is 8.09. The number of nitro groups is 1. The summed E-state index contributed by atoms with van der Waals surface area (Å²) in [4.78, 5) is 21.4. The molecule has 0 aromatic carbocycles. The average molecular weight is 353 g/mol. The molecule has 0 amide bonds. The van der Waals surface area contributed by atoms with Crippen LogP contribution in [0.15, 0.2) is 11.2 Å². The Morgan fingerprint density at radius 1 is 1.75 bits per heavy atom. The number of rotatable bonds is 3. The highest BCUT2D eigenvalue weighted by molar-refractivity contribution is 14.1. The molecule has 0 saturated carbocycles. The first-order chi connectivity index (χ1) is 7.65. The first-order valence-corrected chi connectivity index (χ1v) is 6.35. The number of halogens is 1. The third-order valence-electron chi connectivity index (χ3n) is 1.99.